The number of hydrogen-bond donors (Lipinski definition) is 0. The Morgan fingerprint density at radius 2 is 1.92 bits per heavy atom. The maximum absolute atomic E-state index is 14.0. The van der Waals surface area contributed by atoms with Crippen molar-refractivity contribution in [1.82, 2.24) is 14.9 Å². The molecule has 1 aromatic carbocycles. The van der Waals surface area contributed by atoms with E-state index in [1.807, 2.05) is 11.1 Å². The highest BCUT2D eigenvalue weighted by molar-refractivity contribution is 6.31. The van der Waals surface area contributed by atoms with E-state index in [1.54, 1.807) is 0 Å². The van der Waals surface area contributed by atoms with Crippen LogP contribution >= 0.6 is 11.6 Å². The lowest BCUT2D eigenvalue weighted by molar-refractivity contribution is 0.238. The molecule has 1 aromatic heterocycles. The van der Waals surface area contributed by atoms with Gasteiger partial charge in [-0.2, -0.15) is 0 Å². The van der Waals surface area contributed by atoms with Crippen LogP contribution in [0.25, 0.3) is 0 Å². The van der Waals surface area contributed by atoms with Gasteiger partial charge < -0.3 is 0 Å². The van der Waals surface area contributed by atoms with Gasteiger partial charge in [0.1, 0.15) is 17.5 Å². The van der Waals surface area contributed by atoms with E-state index < -0.39 is 11.6 Å². The number of nitrogens with zero attached hydrogens (tertiary/aromatic N) is 3. The Morgan fingerprint density at radius 3 is 2.62 bits per heavy atom. The summed E-state index contributed by atoms with van der Waals surface area (Å²) in [5.41, 5.74) is 2.18. The summed E-state index contributed by atoms with van der Waals surface area (Å²) in [5.74, 6) is -0.246. The number of hydrogen-bond acceptors (Lipinski definition) is 3. The van der Waals surface area contributed by atoms with Crippen LogP contribution in [0.3, 0.4) is 0 Å². The zero-order chi connectivity index (χ0) is 17.5. The molecule has 24 heavy (non-hydrogen) atoms. The summed E-state index contributed by atoms with van der Waals surface area (Å²) in [7, 11) is 0. The van der Waals surface area contributed by atoms with Crippen molar-refractivity contribution >= 4 is 11.6 Å². The molecule has 6 heteroatoms. The van der Waals surface area contributed by atoms with Crippen molar-refractivity contribution in [2.45, 2.75) is 45.7 Å². The van der Waals surface area contributed by atoms with Crippen LogP contribution in [0.2, 0.25) is 5.02 Å². The zero-order valence-corrected chi connectivity index (χ0v) is 14.8. The minimum absolute atomic E-state index is 0.0929. The molecule has 0 fully saturated rings. The van der Waals surface area contributed by atoms with Gasteiger partial charge in [-0.1, -0.05) is 32.4 Å². The van der Waals surface area contributed by atoms with E-state index in [4.69, 9.17) is 11.6 Å². The van der Waals surface area contributed by atoms with Gasteiger partial charge in [0, 0.05) is 54.5 Å². The Morgan fingerprint density at radius 1 is 1.21 bits per heavy atom. The van der Waals surface area contributed by atoms with Gasteiger partial charge in [0.2, 0.25) is 0 Å². The maximum Gasteiger partial charge on any atom is 0.142 e. The van der Waals surface area contributed by atoms with E-state index >= 15 is 0 Å². The van der Waals surface area contributed by atoms with Crippen molar-refractivity contribution < 1.29 is 8.78 Å². The van der Waals surface area contributed by atoms with Crippen LogP contribution in [0.5, 0.6) is 0 Å². The highest BCUT2D eigenvalue weighted by Gasteiger charge is 2.24. The van der Waals surface area contributed by atoms with E-state index in [-0.39, 0.29) is 22.5 Å². The average molecular weight is 352 g/mol. The van der Waals surface area contributed by atoms with E-state index in [0.717, 1.165) is 42.2 Å². The van der Waals surface area contributed by atoms with E-state index in [0.29, 0.717) is 6.54 Å². The van der Waals surface area contributed by atoms with Crippen molar-refractivity contribution in [2.24, 2.45) is 0 Å². The van der Waals surface area contributed by atoms with Gasteiger partial charge in [-0.3, -0.25) is 4.90 Å². The van der Waals surface area contributed by atoms with Gasteiger partial charge in [-0.15, -0.1) is 0 Å². The van der Waals surface area contributed by atoms with Crippen LogP contribution in [0.1, 0.15) is 43.4 Å². The molecule has 0 bridgehead atoms. The molecule has 3 nitrogen and oxygen atoms in total. The minimum Gasteiger partial charge on any atom is -0.294 e. The summed E-state index contributed by atoms with van der Waals surface area (Å²) in [6, 6.07) is 2.17. The van der Waals surface area contributed by atoms with Gasteiger partial charge in [0.15, 0.2) is 0 Å². The van der Waals surface area contributed by atoms with E-state index in [2.05, 4.69) is 30.7 Å². The average Bonchev–Trinajstić information content (AvgIpc) is 2.53. The van der Waals surface area contributed by atoms with Gasteiger partial charge in [0.05, 0.1) is 5.02 Å². The molecule has 0 aliphatic carbocycles. The second-order valence-corrected chi connectivity index (χ2v) is 7.58. The highest BCUT2D eigenvalue weighted by Crippen LogP contribution is 2.27. The number of benzene rings is 1. The Kier molecular flexibility index (Phi) is 4.58. The molecule has 0 saturated heterocycles. The lowest BCUT2D eigenvalue weighted by Gasteiger charge is -2.29. The quantitative estimate of drug-likeness (QED) is 0.757. The molecule has 2 heterocycles. The molecule has 1 aliphatic rings. The fraction of sp³-hybridized carbons (Fsp3) is 0.444. The first kappa shape index (κ1) is 17.2. The van der Waals surface area contributed by atoms with Crippen LogP contribution < -0.4 is 0 Å². The van der Waals surface area contributed by atoms with Crippen molar-refractivity contribution in [3.05, 3.63) is 57.6 Å². The number of halogens is 3. The van der Waals surface area contributed by atoms with Crippen molar-refractivity contribution in [3.63, 3.8) is 0 Å². The monoisotopic (exact) mass is 351 g/mol. The normalized spacial score (nSPS) is 15.4. The maximum atomic E-state index is 14.0. The fourth-order valence-electron chi connectivity index (χ4n) is 2.81. The standard InChI is InChI=1S/C18H20ClF2N3/c1-18(2,3)17-22-8-11-9-24(7-6-15(11)23-17)10-12-13(20)4-5-14(21)16(12)19/h4-5,8H,6-7,9-10H2,1-3H3. The summed E-state index contributed by atoms with van der Waals surface area (Å²) >= 11 is 5.92. The van der Waals surface area contributed by atoms with Crippen LogP contribution in [-0.4, -0.2) is 21.4 Å². The van der Waals surface area contributed by atoms with Crippen LogP contribution in [0.4, 0.5) is 8.78 Å². The smallest absolute Gasteiger partial charge is 0.142 e. The van der Waals surface area contributed by atoms with Crippen molar-refractivity contribution in [3.8, 4) is 0 Å². The SMILES string of the molecule is CC(C)(C)c1ncc2c(n1)CCN(Cc1c(F)ccc(F)c1Cl)C2. The first-order valence-corrected chi connectivity index (χ1v) is 8.33. The molecule has 0 amide bonds. The topological polar surface area (TPSA) is 29.0 Å². The molecule has 2 aromatic rings. The molecule has 0 saturated carbocycles. The minimum atomic E-state index is -0.594. The third-order valence-electron chi connectivity index (χ3n) is 4.20. The third kappa shape index (κ3) is 3.42. The van der Waals surface area contributed by atoms with Gasteiger partial charge >= 0.3 is 0 Å². The van der Waals surface area contributed by atoms with Crippen LogP contribution in [0, 0.1) is 11.6 Å². The second-order valence-electron chi connectivity index (χ2n) is 7.20. The molecule has 0 radical (unpaired) electrons. The molecule has 1 aliphatic heterocycles. The molecule has 0 unspecified atom stereocenters. The third-order valence-corrected chi connectivity index (χ3v) is 4.61. The summed E-state index contributed by atoms with van der Waals surface area (Å²) in [5, 5.41) is -0.139. The summed E-state index contributed by atoms with van der Waals surface area (Å²) in [6.07, 6.45) is 2.61. The number of rotatable bonds is 2. The Bertz CT molecular complexity index is 772. The molecule has 3 rings (SSSR count). The molecule has 0 N–H and O–H groups in total. The Balaban J connectivity index is 1.80. The summed E-state index contributed by atoms with van der Waals surface area (Å²) < 4.78 is 27.5. The largest absolute Gasteiger partial charge is 0.294 e. The van der Waals surface area contributed by atoms with E-state index in [1.165, 1.54) is 0 Å². The van der Waals surface area contributed by atoms with Crippen molar-refractivity contribution in [1.29, 1.82) is 0 Å². The fourth-order valence-corrected chi connectivity index (χ4v) is 3.02. The first-order chi connectivity index (χ1) is 11.3. The van der Waals surface area contributed by atoms with Crippen LogP contribution in [-0.2, 0) is 24.9 Å². The zero-order valence-electron chi connectivity index (χ0n) is 14.0. The lowest BCUT2D eigenvalue weighted by Crippen LogP contribution is -2.32. The second kappa shape index (κ2) is 6.37. The molecular weight excluding hydrogens is 332 g/mol. The summed E-state index contributed by atoms with van der Waals surface area (Å²) in [6.45, 7) is 7.84. The number of aromatic nitrogens is 2. The first-order valence-electron chi connectivity index (χ1n) is 7.95. The molecule has 0 atom stereocenters. The highest BCUT2D eigenvalue weighted by atomic mass is 35.5. The van der Waals surface area contributed by atoms with E-state index in [9.17, 15) is 8.78 Å². The van der Waals surface area contributed by atoms with Crippen molar-refractivity contribution in [2.75, 3.05) is 6.54 Å². The predicted octanol–water partition coefficient (Wildman–Crippen LogP) is 4.26. The molecule has 128 valence electrons. The Labute approximate surface area is 145 Å². The van der Waals surface area contributed by atoms with Gasteiger partial charge in [0.25, 0.3) is 0 Å². The molecule has 0 spiro atoms. The van der Waals surface area contributed by atoms with Gasteiger partial charge in [-0.25, -0.2) is 18.7 Å². The summed E-state index contributed by atoms with van der Waals surface area (Å²) in [4.78, 5) is 11.2. The molecular formula is C18H20ClF2N3. The predicted molar refractivity (Wildman–Crippen MR) is 89.9 cm³/mol. The number of fused-ring (bicyclic) bond motifs is 1. The Hall–Kier alpha value is -1.59. The van der Waals surface area contributed by atoms with Gasteiger partial charge in [-0.05, 0) is 12.1 Å². The lowest BCUT2D eigenvalue weighted by atomic mass is 9.95. The van der Waals surface area contributed by atoms with Crippen LogP contribution in [0.15, 0.2) is 18.3 Å².